The number of aryl methyl sites for hydroxylation is 1. The average molecular weight is 299 g/mol. The fourth-order valence-corrected chi connectivity index (χ4v) is 2.28. The molecule has 0 atom stereocenters. The van der Waals surface area contributed by atoms with Gasteiger partial charge in [0, 0.05) is 38.3 Å². The number of amides is 1. The second-order valence-corrected chi connectivity index (χ2v) is 7.02. The first-order chi connectivity index (χ1) is 9.24. The van der Waals surface area contributed by atoms with Crippen LogP contribution in [-0.2, 0) is 9.84 Å². The van der Waals surface area contributed by atoms with E-state index in [1.54, 1.807) is 13.1 Å². The Morgan fingerprint density at radius 2 is 2.10 bits per heavy atom. The number of nitrogens with zero attached hydrogens (tertiary/aromatic N) is 2. The Kier molecular flexibility index (Phi) is 5.50. The van der Waals surface area contributed by atoms with E-state index in [1.165, 1.54) is 11.1 Å². The molecule has 0 saturated carbocycles. The van der Waals surface area contributed by atoms with Crippen molar-refractivity contribution in [2.45, 2.75) is 13.8 Å². The molecule has 0 bridgehead atoms. The Morgan fingerprint density at radius 3 is 2.65 bits per heavy atom. The van der Waals surface area contributed by atoms with Crippen LogP contribution in [0.1, 0.15) is 23.0 Å². The summed E-state index contributed by atoms with van der Waals surface area (Å²) in [5.41, 5.74) is 1.99. The molecule has 112 valence electrons. The number of anilines is 1. The molecule has 0 saturated heterocycles. The molecule has 0 fully saturated rings. The predicted molar refractivity (Wildman–Crippen MR) is 79.8 cm³/mol. The molecule has 0 radical (unpaired) electrons. The average Bonchev–Trinajstić information content (AvgIpc) is 2.35. The van der Waals surface area contributed by atoms with E-state index in [4.69, 9.17) is 0 Å². The molecule has 1 N–H and O–H groups in total. The number of carbonyl (C=O) groups excluding carboxylic acids is 1. The smallest absolute Gasteiger partial charge is 0.257 e. The summed E-state index contributed by atoms with van der Waals surface area (Å²) in [4.78, 5) is 17.8. The van der Waals surface area contributed by atoms with Crippen LogP contribution in [0.25, 0.3) is 0 Å². The fraction of sp³-hybridized carbons (Fsp3) is 0.538. The first kappa shape index (κ1) is 16.4. The zero-order valence-corrected chi connectivity index (χ0v) is 13.1. The number of sulfone groups is 1. The zero-order valence-electron chi connectivity index (χ0n) is 12.3. The number of hydrogen-bond donors (Lipinski definition) is 1. The van der Waals surface area contributed by atoms with E-state index in [0.717, 1.165) is 17.6 Å². The third-order valence-electron chi connectivity index (χ3n) is 2.78. The van der Waals surface area contributed by atoms with Crippen molar-refractivity contribution in [2.75, 3.05) is 37.5 Å². The van der Waals surface area contributed by atoms with Gasteiger partial charge in [0.2, 0.25) is 0 Å². The highest BCUT2D eigenvalue weighted by atomic mass is 32.2. The second-order valence-electron chi connectivity index (χ2n) is 4.76. The molecule has 7 heteroatoms. The van der Waals surface area contributed by atoms with Crippen LogP contribution in [-0.4, -0.2) is 56.4 Å². The van der Waals surface area contributed by atoms with E-state index in [2.05, 4.69) is 10.3 Å². The molecule has 1 aromatic heterocycles. The summed E-state index contributed by atoms with van der Waals surface area (Å²) in [5.74, 6) is -0.289. The Morgan fingerprint density at radius 1 is 1.45 bits per heavy atom. The molecular formula is C13H21N3O3S. The van der Waals surface area contributed by atoms with Crippen LogP contribution >= 0.6 is 0 Å². The third-order valence-corrected chi connectivity index (χ3v) is 3.71. The highest BCUT2D eigenvalue weighted by Gasteiger charge is 2.17. The molecule has 0 unspecified atom stereocenters. The monoisotopic (exact) mass is 299 g/mol. The largest absolute Gasteiger partial charge is 0.385 e. The second kappa shape index (κ2) is 6.69. The molecule has 6 nitrogen and oxygen atoms in total. The maximum atomic E-state index is 12.3. The zero-order chi connectivity index (χ0) is 15.3. The van der Waals surface area contributed by atoms with Crippen LogP contribution < -0.4 is 5.32 Å². The molecule has 1 amide bonds. The molecule has 0 aliphatic heterocycles. The van der Waals surface area contributed by atoms with Gasteiger partial charge in [-0.1, -0.05) is 0 Å². The molecule has 1 heterocycles. The lowest BCUT2D eigenvalue weighted by Gasteiger charge is -2.19. The normalized spacial score (nSPS) is 11.2. The maximum Gasteiger partial charge on any atom is 0.257 e. The number of rotatable bonds is 6. The van der Waals surface area contributed by atoms with E-state index < -0.39 is 9.84 Å². The predicted octanol–water partition coefficient (Wildman–Crippen LogP) is 0.938. The standard InChI is InChI=1S/C13H21N3O3S/c1-5-14-12-8-10(2)15-9-11(12)13(17)16(3)6-7-20(4,18)19/h8-9H,5-7H2,1-4H3,(H,14,15). The summed E-state index contributed by atoms with van der Waals surface area (Å²) < 4.78 is 22.3. The first-order valence-electron chi connectivity index (χ1n) is 6.38. The molecule has 20 heavy (non-hydrogen) atoms. The van der Waals surface area contributed by atoms with E-state index in [1.807, 2.05) is 13.8 Å². The molecule has 0 aliphatic carbocycles. The molecule has 0 spiro atoms. The lowest BCUT2D eigenvalue weighted by Crippen LogP contribution is -2.32. The van der Waals surface area contributed by atoms with Crippen LogP contribution in [0, 0.1) is 6.92 Å². The first-order valence-corrected chi connectivity index (χ1v) is 8.44. The van der Waals surface area contributed by atoms with Gasteiger partial charge in [-0.2, -0.15) is 0 Å². The minimum absolute atomic E-state index is 0.0505. The van der Waals surface area contributed by atoms with Gasteiger partial charge >= 0.3 is 0 Å². The Balaban J connectivity index is 2.90. The summed E-state index contributed by atoms with van der Waals surface area (Å²) >= 11 is 0. The topological polar surface area (TPSA) is 79.4 Å². The van der Waals surface area contributed by atoms with E-state index in [-0.39, 0.29) is 18.2 Å². The Hall–Kier alpha value is -1.63. The van der Waals surface area contributed by atoms with Gasteiger partial charge in [-0.25, -0.2) is 8.42 Å². The number of hydrogen-bond acceptors (Lipinski definition) is 5. The quantitative estimate of drug-likeness (QED) is 0.845. The van der Waals surface area contributed by atoms with Crippen LogP contribution in [0.2, 0.25) is 0 Å². The number of carbonyl (C=O) groups is 1. The summed E-state index contributed by atoms with van der Waals surface area (Å²) in [7, 11) is -1.50. The summed E-state index contributed by atoms with van der Waals surface area (Å²) in [6, 6.07) is 1.81. The van der Waals surface area contributed by atoms with Crippen molar-refractivity contribution < 1.29 is 13.2 Å². The Bertz CT molecular complexity index is 585. The van der Waals surface area contributed by atoms with Crippen molar-refractivity contribution in [3.8, 4) is 0 Å². The number of pyridine rings is 1. The lowest BCUT2D eigenvalue weighted by atomic mass is 10.2. The van der Waals surface area contributed by atoms with Crippen LogP contribution in [0.15, 0.2) is 12.3 Å². The van der Waals surface area contributed by atoms with Gasteiger partial charge in [-0.15, -0.1) is 0 Å². The molecule has 1 aromatic rings. The van der Waals surface area contributed by atoms with Crippen molar-refractivity contribution in [3.05, 3.63) is 23.5 Å². The highest BCUT2D eigenvalue weighted by molar-refractivity contribution is 7.90. The van der Waals surface area contributed by atoms with E-state index >= 15 is 0 Å². The molecule has 0 aliphatic rings. The number of aromatic nitrogens is 1. The Labute approximate surface area is 120 Å². The van der Waals surface area contributed by atoms with E-state index in [0.29, 0.717) is 12.1 Å². The highest BCUT2D eigenvalue weighted by Crippen LogP contribution is 2.17. The van der Waals surface area contributed by atoms with Crippen molar-refractivity contribution in [1.29, 1.82) is 0 Å². The van der Waals surface area contributed by atoms with Crippen LogP contribution in [0.4, 0.5) is 5.69 Å². The van der Waals surface area contributed by atoms with Crippen molar-refractivity contribution in [1.82, 2.24) is 9.88 Å². The van der Waals surface area contributed by atoms with Gasteiger partial charge in [-0.05, 0) is 19.9 Å². The van der Waals surface area contributed by atoms with Crippen LogP contribution in [0.3, 0.4) is 0 Å². The van der Waals surface area contributed by atoms with Gasteiger partial charge in [0.05, 0.1) is 17.0 Å². The summed E-state index contributed by atoms with van der Waals surface area (Å²) in [6.45, 7) is 4.65. The molecule has 0 aromatic carbocycles. The number of nitrogens with one attached hydrogen (secondary N) is 1. The van der Waals surface area contributed by atoms with Crippen molar-refractivity contribution in [2.24, 2.45) is 0 Å². The fourth-order valence-electron chi connectivity index (χ4n) is 1.68. The SMILES string of the molecule is CCNc1cc(C)ncc1C(=O)N(C)CCS(C)(=O)=O. The minimum Gasteiger partial charge on any atom is -0.385 e. The van der Waals surface area contributed by atoms with Crippen molar-refractivity contribution >= 4 is 21.4 Å². The lowest BCUT2D eigenvalue weighted by molar-refractivity contribution is 0.0804. The summed E-state index contributed by atoms with van der Waals surface area (Å²) in [5, 5.41) is 3.12. The van der Waals surface area contributed by atoms with Crippen LogP contribution in [0.5, 0.6) is 0 Å². The van der Waals surface area contributed by atoms with Gasteiger partial charge in [-0.3, -0.25) is 9.78 Å². The minimum atomic E-state index is -3.09. The van der Waals surface area contributed by atoms with Gasteiger partial charge in [0.25, 0.3) is 5.91 Å². The van der Waals surface area contributed by atoms with Gasteiger partial charge in [0.15, 0.2) is 0 Å². The van der Waals surface area contributed by atoms with Crippen molar-refractivity contribution in [3.63, 3.8) is 0 Å². The van der Waals surface area contributed by atoms with Gasteiger partial charge in [0.1, 0.15) is 9.84 Å². The summed E-state index contributed by atoms with van der Waals surface area (Å²) in [6.07, 6.45) is 2.68. The molecular weight excluding hydrogens is 278 g/mol. The van der Waals surface area contributed by atoms with E-state index in [9.17, 15) is 13.2 Å². The molecule has 1 rings (SSSR count). The van der Waals surface area contributed by atoms with Gasteiger partial charge < -0.3 is 10.2 Å². The maximum absolute atomic E-state index is 12.3. The third kappa shape index (κ3) is 4.80.